The maximum Gasteiger partial charge on any atom is 0.243 e. The Bertz CT molecular complexity index is 1070. The number of sulfonamides is 1. The van der Waals surface area contributed by atoms with Gasteiger partial charge in [-0.1, -0.05) is 12.5 Å². The summed E-state index contributed by atoms with van der Waals surface area (Å²) in [5.74, 6) is -0.0732. The molecule has 1 N–H and O–H groups in total. The second-order valence-electron chi connectivity index (χ2n) is 6.99. The fourth-order valence-corrected chi connectivity index (χ4v) is 5.74. The van der Waals surface area contributed by atoms with Crippen LogP contribution < -0.4 is 5.32 Å². The number of piperidine rings is 1. The predicted octanol–water partition coefficient (Wildman–Crippen LogP) is 3.19. The Morgan fingerprint density at radius 2 is 1.93 bits per heavy atom. The minimum atomic E-state index is -3.46. The molecule has 28 heavy (non-hydrogen) atoms. The van der Waals surface area contributed by atoms with E-state index in [-0.39, 0.29) is 12.5 Å². The van der Waals surface area contributed by atoms with E-state index in [1.54, 1.807) is 33.8 Å². The lowest BCUT2D eigenvalue weighted by Crippen LogP contribution is -2.35. The number of thiophene rings is 1. The van der Waals surface area contributed by atoms with Crippen molar-refractivity contribution in [2.75, 3.05) is 13.1 Å². The molecule has 2 aromatic heterocycles. The van der Waals surface area contributed by atoms with E-state index in [0.29, 0.717) is 24.5 Å². The fourth-order valence-electron chi connectivity index (χ4n) is 3.54. The van der Waals surface area contributed by atoms with Crippen LogP contribution in [0.4, 0.5) is 0 Å². The van der Waals surface area contributed by atoms with Gasteiger partial charge in [-0.3, -0.25) is 4.79 Å². The normalized spacial score (nSPS) is 15.7. The van der Waals surface area contributed by atoms with Crippen molar-refractivity contribution in [3.63, 3.8) is 0 Å². The number of fused-ring (bicyclic) bond motifs is 1. The van der Waals surface area contributed by atoms with Crippen molar-refractivity contribution in [1.82, 2.24) is 14.2 Å². The molecule has 1 aliphatic heterocycles. The fraction of sp³-hybridized carbons (Fsp3) is 0.350. The Labute approximate surface area is 168 Å². The third-order valence-corrected chi connectivity index (χ3v) is 7.82. The Morgan fingerprint density at radius 3 is 2.68 bits per heavy atom. The molecule has 0 bridgehead atoms. The largest absolute Gasteiger partial charge is 0.350 e. The smallest absolute Gasteiger partial charge is 0.243 e. The number of carbonyl (C=O) groups excluding carboxylic acids is 1. The summed E-state index contributed by atoms with van der Waals surface area (Å²) in [6.45, 7) is 1.90. The molecule has 148 valence electrons. The number of aromatic nitrogens is 1. The molecule has 3 heterocycles. The Kier molecular flexibility index (Phi) is 5.52. The highest BCUT2D eigenvalue weighted by Gasteiger charge is 2.26. The highest BCUT2D eigenvalue weighted by atomic mass is 32.2. The highest BCUT2D eigenvalue weighted by molar-refractivity contribution is 7.89. The maximum atomic E-state index is 12.9. The number of nitrogens with one attached hydrogen (secondary N) is 1. The van der Waals surface area contributed by atoms with Gasteiger partial charge in [0.1, 0.15) is 6.54 Å². The quantitative estimate of drug-likeness (QED) is 0.670. The third-order valence-electron chi connectivity index (χ3n) is 5.05. The van der Waals surface area contributed by atoms with Gasteiger partial charge in [0.15, 0.2) is 0 Å². The molecule has 6 nitrogen and oxygen atoms in total. The van der Waals surface area contributed by atoms with Gasteiger partial charge in [0, 0.05) is 35.1 Å². The summed E-state index contributed by atoms with van der Waals surface area (Å²) in [5.41, 5.74) is 0.851. The zero-order valence-corrected chi connectivity index (χ0v) is 17.1. The van der Waals surface area contributed by atoms with Gasteiger partial charge >= 0.3 is 0 Å². The molecule has 0 unspecified atom stereocenters. The standard InChI is InChI=1S/C20H23N3O3S2/c24-20(21-14-17-5-4-12-27-17)15-22-11-8-16-13-18(6-7-19(16)22)28(25,26)23-9-2-1-3-10-23/h4-8,11-13H,1-3,9-10,14-15H2,(H,21,24). The number of benzene rings is 1. The van der Waals surface area contributed by atoms with E-state index in [4.69, 9.17) is 0 Å². The van der Waals surface area contributed by atoms with Crippen LogP contribution in [0.25, 0.3) is 10.9 Å². The van der Waals surface area contributed by atoms with E-state index in [1.807, 2.05) is 34.3 Å². The van der Waals surface area contributed by atoms with Crippen molar-refractivity contribution < 1.29 is 13.2 Å². The summed E-state index contributed by atoms with van der Waals surface area (Å²) in [6.07, 6.45) is 4.74. The number of nitrogens with zero attached hydrogens (tertiary/aromatic N) is 2. The van der Waals surface area contributed by atoms with E-state index >= 15 is 0 Å². The van der Waals surface area contributed by atoms with E-state index in [9.17, 15) is 13.2 Å². The summed E-state index contributed by atoms with van der Waals surface area (Å²) in [7, 11) is -3.46. The Hall–Kier alpha value is -2.16. The molecule has 1 aromatic carbocycles. The van der Waals surface area contributed by atoms with Crippen LogP contribution >= 0.6 is 11.3 Å². The molecular weight excluding hydrogens is 394 g/mol. The van der Waals surface area contributed by atoms with Gasteiger partial charge in [0.25, 0.3) is 0 Å². The molecule has 0 spiro atoms. The summed E-state index contributed by atoms with van der Waals surface area (Å²) < 4.78 is 29.2. The zero-order chi connectivity index (χ0) is 19.6. The third kappa shape index (κ3) is 3.99. The van der Waals surface area contributed by atoms with E-state index in [1.165, 1.54) is 0 Å². The molecule has 1 fully saturated rings. The van der Waals surface area contributed by atoms with E-state index < -0.39 is 10.0 Å². The molecule has 0 atom stereocenters. The average Bonchev–Trinajstić information content (AvgIpc) is 3.37. The lowest BCUT2D eigenvalue weighted by Gasteiger charge is -2.25. The lowest BCUT2D eigenvalue weighted by molar-refractivity contribution is -0.121. The minimum Gasteiger partial charge on any atom is -0.350 e. The van der Waals surface area contributed by atoms with Gasteiger partial charge in [0.2, 0.25) is 15.9 Å². The highest BCUT2D eigenvalue weighted by Crippen LogP contribution is 2.25. The molecular formula is C20H23N3O3S2. The molecule has 3 aromatic rings. The van der Waals surface area contributed by atoms with Crippen molar-refractivity contribution in [1.29, 1.82) is 0 Å². The van der Waals surface area contributed by atoms with Crippen LogP contribution in [0.5, 0.6) is 0 Å². The van der Waals surface area contributed by atoms with Crippen LogP contribution in [0.15, 0.2) is 52.9 Å². The van der Waals surface area contributed by atoms with Crippen LogP contribution in [0.2, 0.25) is 0 Å². The van der Waals surface area contributed by atoms with Crippen molar-refractivity contribution in [3.8, 4) is 0 Å². The van der Waals surface area contributed by atoms with Crippen molar-refractivity contribution in [2.24, 2.45) is 0 Å². The van der Waals surface area contributed by atoms with E-state index in [2.05, 4.69) is 5.32 Å². The number of hydrogen-bond donors (Lipinski definition) is 1. The monoisotopic (exact) mass is 417 g/mol. The van der Waals surface area contributed by atoms with Gasteiger partial charge in [-0.15, -0.1) is 11.3 Å². The van der Waals surface area contributed by atoms with Crippen molar-refractivity contribution in [2.45, 2.75) is 37.2 Å². The Balaban J connectivity index is 1.49. The second-order valence-corrected chi connectivity index (χ2v) is 9.96. The first-order chi connectivity index (χ1) is 13.5. The molecule has 4 rings (SSSR count). The first-order valence-corrected chi connectivity index (χ1v) is 11.7. The first-order valence-electron chi connectivity index (χ1n) is 9.42. The van der Waals surface area contributed by atoms with Gasteiger partial charge in [0.05, 0.1) is 11.4 Å². The van der Waals surface area contributed by atoms with Crippen LogP contribution in [-0.4, -0.2) is 36.3 Å². The lowest BCUT2D eigenvalue weighted by atomic mass is 10.2. The summed E-state index contributed by atoms with van der Waals surface area (Å²) in [4.78, 5) is 13.7. The van der Waals surface area contributed by atoms with Crippen LogP contribution in [0.3, 0.4) is 0 Å². The molecule has 0 saturated carbocycles. The number of amides is 1. The number of carbonyl (C=O) groups is 1. The topological polar surface area (TPSA) is 71.4 Å². The van der Waals surface area contributed by atoms with Crippen LogP contribution in [-0.2, 0) is 27.9 Å². The molecule has 1 aliphatic rings. The SMILES string of the molecule is O=C(Cn1ccc2cc(S(=O)(=O)N3CCCCC3)ccc21)NCc1cccs1. The zero-order valence-electron chi connectivity index (χ0n) is 15.5. The van der Waals surface area contributed by atoms with E-state index in [0.717, 1.165) is 35.0 Å². The van der Waals surface area contributed by atoms with Crippen LogP contribution in [0, 0.1) is 0 Å². The van der Waals surface area contributed by atoms with Gasteiger partial charge in [-0.05, 0) is 48.6 Å². The molecule has 8 heteroatoms. The summed E-state index contributed by atoms with van der Waals surface area (Å²) >= 11 is 1.61. The van der Waals surface area contributed by atoms with Crippen molar-refractivity contribution >= 4 is 38.2 Å². The number of hydrogen-bond acceptors (Lipinski definition) is 4. The summed E-state index contributed by atoms with van der Waals surface area (Å²) in [6, 6.07) is 10.9. The van der Waals surface area contributed by atoms with Crippen molar-refractivity contribution in [3.05, 3.63) is 52.9 Å². The van der Waals surface area contributed by atoms with Crippen LogP contribution in [0.1, 0.15) is 24.1 Å². The minimum absolute atomic E-state index is 0.0732. The molecule has 0 radical (unpaired) electrons. The Morgan fingerprint density at radius 1 is 1.11 bits per heavy atom. The van der Waals surface area contributed by atoms with Gasteiger partial charge in [-0.25, -0.2) is 8.42 Å². The average molecular weight is 418 g/mol. The summed E-state index contributed by atoms with van der Waals surface area (Å²) in [5, 5.41) is 5.72. The van der Waals surface area contributed by atoms with Gasteiger partial charge in [-0.2, -0.15) is 4.31 Å². The maximum absolute atomic E-state index is 12.9. The van der Waals surface area contributed by atoms with Gasteiger partial charge < -0.3 is 9.88 Å². The first kappa shape index (κ1) is 19.2. The molecule has 0 aliphatic carbocycles. The number of rotatable bonds is 6. The predicted molar refractivity (Wildman–Crippen MR) is 111 cm³/mol. The second kappa shape index (κ2) is 8.06. The molecule has 1 amide bonds. The molecule has 1 saturated heterocycles.